The number of hydrogen-bond donors (Lipinski definition) is 0. The summed E-state index contributed by atoms with van der Waals surface area (Å²) in [6, 6.07) is 15.2. The molecule has 0 N–H and O–H groups in total. The quantitative estimate of drug-likeness (QED) is 0.346. The van der Waals surface area contributed by atoms with Crippen LogP contribution in [0.25, 0.3) is 34.0 Å². The smallest absolute Gasteiger partial charge is 0.259 e. The Balaban J connectivity index is 1.85. The number of benzene rings is 3. The summed E-state index contributed by atoms with van der Waals surface area (Å²) in [6.45, 7) is 0. The minimum atomic E-state index is -0.922. The Morgan fingerprint density at radius 2 is 1.50 bits per heavy atom. The summed E-state index contributed by atoms with van der Waals surface area (Å²) in [4.78, 5) is 17.3. The SMILES string of the molecule is N#Cc1ccc(-c2cn3c(=O)cc(-c4ccc(F)cc4F)nc3n2-c2ccc(F)cc2F)cc1. The molecule has 0 saturated heterocycles. The molecule has 0 radical (unpaired) electrons. The zero-order valence-corrected chi connectivity index (χ0v) is 17.1. The molecule has 0 atom stereocenters. The third-order valence-corrected chi connectivity index (χ3v) is 5.29. The molecule has 0 fully saturated rings. The van der Waals surface area contributed by atoms with Crippen molar-refractivity contribution < 1.29 is 17.6 Å². The van der Waals surface area contributed by atoms with Gasteiger partial charge in [0.2, 0.25) is 5.78 Å². The fourth-order valence-electron chi connectivity index (χ4n) is 3.70. The largest absolute Gasteiger partial charge is 0.275 e. The van der Waals surface area contributed by atoms with E-state index in [9.17, 15) is 22.4 Å². The Morgan fingerprint density at radius 3 is 2.15 bits per heavy atom. The highest BCUT2D eigenvalue weighted by Crippen LogP contribution is 2.29. The zero-order chi connectivity index (χ0) is 24.0. The second-order valence-corrected chi connectivity index (χ2v) is 7.41. The molecular weight excluding hydrogens is 448 g/mol. The van der Waals surface area contributed by atoms with E-state index >= 15 is 0 Å². The highest BCUT2D eigenvalue weighted by molar-refractivity contribution is 5.69. The molecule has 0 aliphatic rings. The number of imidazole rings is 1. The molecular formula is C25H12F4N4O. The Kier molecular flexibility index (Phi) is 4.98. The fraction of sp³-hybridized carbons (Fsp3) is 0. The minimum Gasteiger partial charge on any atom is -0.275 e. The van der Waals surface area contributed by atoms with E-state index in [1.54, 1.807) is 24.3 Å². The van der Waals surface area contributed by atoms with Crippen molar-refractivity contribution in [2.24, 2.45) is 0 Å². The van der Waals surface area contributed by atoms with Crippen molar-refractivity contribution >= 4 is 5.78 Å². The molecule has 9 heteroatoms. The van der Waals surface area contributed by atoms with Crippen molar-refractivity contribution in [2.75, 3.05) is 0 Å². The molecule has 2 heterocycles. The lowest BCUT2D eigenvalue weighted by Crippen LogP contribution is -2.14. The van der Waals surface area contributed by atoms with E-state index in [-0.39, 0.29) is 22.7 Å². The van der Waals surface area contributed by atoms with Gasteiger partial charge >= 0.3 is 0 Å². The van der Waals surface area contributed by atoms with E-state index in [1.165, 1.54) is 16.8 Å². The molecule has 34 heavy (non-hydrogen) atoms. The van der Waals surface area contributed by atoms with Gasteiger partial charge in [0, 0.05) is 35.5 Å². The van der Waals surface area contributed by atoms with Gasteiger partial charge in [-0.3, -0.25) is 13.8 Å². The second kappa shape index (κ2) is 8.01. The van der Waals surface area contributed by atoms with Crippen molar-refractivity contribution in [3.05, 3.63) is 112 Å². The number of rotatable bonds is 3. The van der Waals surface area contributed by atoms with E-state index in [0.717, 1.165) is 28.7 Å². The lowest BCUT2D eigenvalue weighted by molar-refractivity contribution is 0.578. The van der Waals surface area contributed by atoms with Gasteiger partial charge in [0.15, 0.2) is 0 Å². The maximum atomic E-state index is 14.9. The van der Waals surface area contributed by atoms with Crippen LogP contribution in [0.4, 0.5) is 17.6 Å². The van der Waals surface area contributed by atoms with E-state index < -0.39 is 28.8 Å². The van der Waals surface area contributed by atoms with Crippen LogP contribution >= 0.6 is 0 Å². The first-order valence-corrected chi connectivity index (χ1v) is 9.92. The molecule has 5 aromatic rings. The van der Waals surface area contributed by atoms with Gasteiger partial charge in [0.1, 0.15) is 23.3 Å². The third kappa shape index (κ3) is 3.51. The summed E-state index contributed by atoms with van der Waals surface area (Å²) < 4.78 is 58.7. The lowest BCUT2D eigenvalue weighted by Gasteiger charge is -2.11. The van der Waals surface area contributed by atoms with Crippen molar-refractivity contribution in [1.29, 1.82) is 5.26 Å². The summed E-state index contributed by atoms with van der Waals surface area (Å²) in [5.74, 6) is -3.50. The molecule has 166 valence electrons. The number of aromatic nitrogens is 3. The summed E-state index contributed by atoms with van der Waals surface area (Å²) in [5, 5.41) is 9.07. The van der Waals surface area contributed by atoms with Crippen molar-refractivity contribution in [1.82, 2.24) is 14.0 Å². The van der Waals surface area contributed by atoms with Crippen molar-refractivity contribution in [3.8, 4) is 34.3 Å². The van der Waals surface area contributed by atoms with Gasteiger partial charge in [-0.15, -0.1) is 0 Å². The molecule has 3 aromatic carbocycles. The van der Waals surface area contributed by atoms with Gasteiger partial charge in [-0.05, 0) is 36.4 Å². The van der Waals surface area contributed by atoms with Crippen molar-refractivity contribution in [2.45, 2.75) is 0 Å². The van der Waals surface area contributed by atoms with Crippen LogP contribution in [0.1, 0.15) is 5.56 Å². The molecule has 0 spiro atoms. The Hall–Kier alpha value is -4.71. The molecule has 2 aromatic heterocycles. The van der Waals surface area contributed by atoms with Gasteiger partial charge in [-0.25, -0.2) is 22.5 Å². The molecule has 0 aliphatic heterocycles. The summed E-state index contributed by atoms with van der Waals surface area (Å²) in [6.07, 6.45) is 1.42. The molecule has 5 rings (SSSR count). The lowest BCUT2D eigenvalue weighted by atomic mass is 10.1. The van der Waals surface area contributed by atoms with Gasteiger partial charge < -0.3 is 0 Å². The van der Waals surface area contributed by atoms with Gasteiger partial charge in [-0.2, -0.15) is 5.26 Å². The van der Waals surface area contributed by atoms with Crippen LogP contribution < -0.4 is 5.56 Å². The standard InChI is InChI=1S/C25H12F4N4O/c26-16-5-7-18(19(28)9-16)21-11-24(34)32-13-23(15-3-1-14(12-30)2-4-15)33(25(32)31-21)22-8-6-17(27)10-20(22)29/h1-11,13H. The highest BCUT2D eigenvalue weighted by Gasteiger charge is 2.20. The average molecular weight is 460 g/mol. The normalized spacial score (nSPS) is 11.0. The number of halogens is 4. The molecule has 0 unspecified atom stereocenters. The predicted octanol–water partition coefficient (Wildman–Crippen LogP) is 5.25. The molecule has 0 aliphatic carbocycles. The van der Waals surface area contributed by atoms with Gasteiger partial charge in [-0.1, -0.05) is 12.1 Å². The summed E-state index contributed by atoms with van der Waals surface area (Å²) in [5.41, 5.74) is 0.318. The number of hydrogen-bond acceptors (Lipinski definition) is 3. The fourth-order valence-corrected chi connectivity index (χ4v) is 3.70. The van der Waals surface area contributed by atoms with Crippen LogP contribution in [-0.4, -0.2) is 14.0 Å². The summed E-state index contributed by atoms with van der Waals surface area (Å²) >= 11 is 0. The first kappa shape index (κ1) is 21.2. The van der Waals surface area contributed by atoms with Crippen LogP contribution in [0.15, 0.2) is 77.7 Å². The van der Waals surface area contributed by atoms with Crippen LogP contribution in [-0.2, 0) is 0 Å². The van der Waals surface area contributed by atoms with Crippen LogP contribution in [0.3, 0.4) is 0 Å². The Labute approximate surface area is 189 Å². The van der Waals surface area contributed by atoms with Crippen LogP contribution in [0, 0.1) is 34.6 Å². The molecule has 0 bridgehead atoms. The minimum absolute atomic E-state index is 0.0731. The first-order valence-electron chi connectivity index (χ1n) is 9.92. The second-order valence-electron chi connectivity index (χ2n) is 7.41. The van der Waals surface area contributed by atoms with E-state index in [1.807, 2.05) is 6.07 Å². The van der Waals surface area contributed by atoms with E-state index in [4.69, 9.17) is 5.26 Å². The molecule has 0 amide bonds. The maximum absolute atomic E-state index is 14.9. The van der Waals surface area contributed by atoms with Crippen LogP contribution in [0.5, 0.6) is 0 Å². The topological polar surface area (TPSA) is 63.1 Å². The summed E-state index contributed by atoms with van der Waals surface area (Å²) in [7, 11) is 0. The Bertz CT molecular complexity index is 1680. The monoisotopic (exact) mass is 460 g/mol. The number of nitriles is 1. The third-order valence-electron chi connectivity index (χ3n) is 5.29. The van der Waals surface area contributed by atoms with Gasteiger partial charge in [0.25, 0.3) is 5.56 Å². The zero-order valence-electron chi connectivity index (χ0n) is 17.1. The van der Waals surface area contributed by atoms with E-state index in [2.05, 4.69) is 4.98 Å². The predicted molar refractivity (Wildman–Crippen MR) is 116 cm³/mol. The van der Waals surface area contributed by atoms with Crippen LogP contribution in [0.2, 0.25) is 0 Å². The highest BCUT2D eigenvalue weighted by atomic mass is 19.1. The Morgan fingerprint density at radius 1 is 0.824 bits per heavy atom. The van der Waals surface area contributed by atoms with Gasteiger partial charge in [0.05, 0.1) is 28.7 Å². The maximum Gasteiger partial charge on any atom is 0.259 e. The number of nitrogens with zero attached hydrogens (tertiary/aromatic N) is 4. The number of fused-ring (bicyclic) bond motifs is 1. The average Bonchev–Trinajstić information content (AvgIpc) is 3.19. The molecule has 0 saturated carbocycles. The van der Waals surface area contributed by atoms with Crippen molar-refractivity contribution in [3.63, 3.8) is 0 Å². The van der Waals surface area contributed by atoms with E-state index in [0.29, 0.717) is 29.0 Å². The molecule has 5 nitrogen and oxygen atoms in total. The first-order chi connectivity index (χ1) is 16.4.